The van der Waals surface area contributed by atoms with E-state index in [-0.39, 0.29) is 11.8 Å². The molecule has 23 heavy (non-hydrogen) atoms. The van der Waals surface area contributed by atoms with E-state index in [4.69, 9.17) is 0 Å². The third-order valence-electron chi connectivity index (χ3n) is 3.32. The lowest BCUT2D eigenvalue weighted by molar-refractivity contribution is -0.127. The van der Waals surface area contributed by atoms with Crippen molar-refractivity contribution in [2.45, 2.75) is 40.3 Å². The van der Waals surface area contributed by atoms with Gasteiger partial charge in [-0.25, -0.2) is 9.67 Å². The van der Waals surface area contributed by atoms with E-state index < -0.39 is 6.04 Å². The largest absolute Gasteiger partial charge is 0.350 e. The molecular weight excluding hydrogens is 294 g/mol. The van der Waals surface area contributed by atoms with Gasteiger partial charge in [-0.05, 0) is 38.5 Å². The molecule has 122 valence electrons. The number of nitrogens with zero attached hydrogens (tertiary/aromatic N) is 3. The molecule has 2 N–H and O–H groups in total. The Kier molecular flexibility index (Phi) is 5.10. The third kappa shape index (κ3) is 4.38. The first-order valence-corrected chi connectivity index (χ1v) is 7.40. The van der Waals surface area contributed by atoms with Crippen molar-refractivity contribution >= 4 is 11.8 Å². The van der Waals surface area contributed by atoms with Crippen molar-refractivity contribution < 1.29 is 9.59 Å². The second kappa shape index (κ2) is 7.04. The van der Waals surface area contributed by atoms with Gasteiger partial charge in [-0.3, -0.25) is 9.59 Å². The van der Waals surface area contributed by atoms with Crippen molar-refractivity contribution in [1.82, 2.24) is 25.4 Å². The number of carbonyl (C=O) groups is 2. The third-order valence-corrected chi connectivity index (χ3v) is 3.32. The number of pyridine rings is 1. The molecule has 2 rings (SSSR count). The number of hydrogen-bond donors (Lipinski definition) is 2. The average molecular weight is 315 g/mol. The predicted molar refractivity (Wildman–Crippen MR) is 86.0 cm³/mol. The minimum Gasteiger partial charge on any atom is -0.350 e. The van der Waals surface area contributed by atoms with Gasteiger partial charge in [-0.1, -0.05) is 6.07 Å². The first-order valence-electron chi connectivity index (χ1n) is 7.40. The first-order chi connectivity index (χ1) is 10.9. The summed E-state index contributed by atoms with van der Waals surface area (Å²) in [6.07, 6.45) is 1.70. The lowest BCUT2D eigenvalue weighted by Crippen LogP contribution is -2.43. The summed E-state index contributed by atoms with van der Waals surface area (Å²) in [4.78, 5) is 27.1. The van der Waals surface area contributed by atoms with Crippen molar-refractivity contribution in [3.63, 3.8) is 0 Å². The zero-order valence-electron chi connectivity index (χ0n) is 13.8. The monoisotopic (exact) mass is 315 g/mol. The molecule has 7 nitrogen and oxygen atoms in total. The van der Waals surface area contributed by atoms with E-state index in [1.54, 1.807) is 17.8 Å². The summed E-state index contributed by atoms with van der Waals surface area (Å²) in [5.41, 5.74) is 2.83. The van der Waals surface area contributed by atoms with Crippen LogP contribution in [0.3, 0.4) is 0 Å². The Balaban J connectivity index is 1.97. The zero-order valence-corrected chi connectivity index (χ0v) is 13.8. The van der Waals surface area contributed by atoms with Gasteiger partial charge in [0.1, 0.15) is 6.04 Å². The summed E-state index contributed by atoms with van der Waals surface area (Å²) in [5, 5.41) is 9.68. The van der Waals surface area contributed by atoms with E-state index in [1.807, 2.05) is 32.0 Å². The molecular formula is C16H21N5O2. The van der Waals surface area contributed by atoms with Gasteiger partial charge >= 0.3 is 0 Å². The summed E-state index contributed by atoms with van der Waals surface area (Å²) in [6, 6.07) is 5.17. The van der Waals surface area contributed by atoms with Crippen molar-refractivity contribution in [3.8, 4) is 5.82 Å². The van der Waals surface area contributed by atoms with E-state index in [0.29, 0.717) is 6.54 Å². The normalized spacial score (nSPS) is 11.8. The Hall–Kier alpha value is -2.70. The summed E-state index contributed by atoms with van der Waals surface area (Å²) >= 11 is 0. The molecule has 0 aliphatic carbocycles. The van der Waals surface area contributed by atoms with Crippen LogP contribution in [-0.4, -0.2) is 32.6 Å². The van der Waals surface area contributed by atoms with Crippen LogP contribution in [0.1, 0.15) is 30.8 Å². The van der Waals surface area contributed by atoms with Crippen molar-refractivity contribution in [3.05, 3.63) is 41.3 Å². The van der Waals surface area contributed by atoms with Gasteiger partial charge < -0.3 is 10.6 Å². The van der Waals surface area contributed by atoms with Crippen LogP contribution in [0.15, 0.2) is 24.4 Å². The quantitative estimate of drug-likeness (QED) is 0.862. The van der Waals surface area contributed by atoms with E-state index in [0.717, 1.165) is 22.8 Å². The van der Waals surface area contributed by atoms with Gasteiger partial charge in [-0.2, -0.15) is 5.10 Å². The lowest BCUT2D eigenvalue weighted by atomic mass is 10.2. The van der Waals surface area contributed by atoms with Gasteiger partial charge in [0.25, 0.3) is 0 Å². The summed E-state index contributed by atoms with van der Waals surface area (Å²) in [7, 11) is 0. The first kappa shape index (κ1) is 16.7. The molecule has 0 bridgehead atoms. The van der Waals surface area contributed by atoms with Gasteiger partial charge in [0.05, 0.1) is 5.69 Å². The molecule has 1 atom stereocenters. The highest BCUT2D eigenvalue weighted by Crippen LogP contribution is 2.10. The van der Waals surface area contributed by atoms with Gasteiger partial charge in [0.2, 0.25) is 11.8 Å². The fraction of sp³-hybridized carbons (Fsp3) is 0.375. The van der Waals surface area contributed by atoms with Gasteiger partial charge in [0.15, 0.2) is 5.82 Å². The van der Waals surface area contributed by atoms with Crippen LogP contribution in [-0.2, 0) is 16.1 Å². The molecule has 0 fully saturated rings. The molecule has 7 heteroatoms. The number of nitrogens with one attached hydrogen (secondary N) is 2. The van der Waals surface area contributed by atoms with Crippen LogP contribution in [0.4, 0.5) is 0 Å². The molecule has 0 aliphatic heterocycles. The lowest BCUT2D eigenvalue weighted by Gasteiger charge is -2.13. The minimum absolute atomic E-state index is 0.233. The second-order valence-electron chi connectivity index (χ2n) is 5.50. The number of carbonyl (C=O) groups excluding carboxylic acids is 2. The standard InChI is InChI=1S/C16H21N5O2/c1-10-7-11(2)21(20-10)15-6-5-14(8-17-15)9-18-16(23)12(3)19-13(4)22/h5-8,12H,9H2,1-4H3,(H,18,23)(H,19,22). The highest BCUT2D eigenvalue weighted by atomic mass is 16.2. The van der Waals surface area contributed by atoms with Crippen LogP contribution in [0.25, 0.3) is 5.82 Å². The van der Waals surface area contributed by atoms with E-state index in [1.165, 1.54) is 6.92 Å². The molecule has 0 aliphatic rings. The number of aromatic nitrogens is 3. The van der Waals surface area contributed by atoms with E-state index in [2.05, 4.69) is 20.7 Å². The Morgan fingerprint density at radius 2 is 2.04 bits per heavy atom. The maximum absolute atomic E-state index is 11.8. The SMILES string of the molecule is CC(=O)NC(C)C(=O)NCc1ccc(-n2nc(C)cc2C)nc1. The molecule has 1 unspecified atom stereocenters. The zero-order chi connectivity index (χ0) is 17.0. The van der Waals surface area contributed by atoms with Gasteiger partial charge in [-0.15, -0.1) is 0 Å². The Morgan fingerprint density at radius 3 is 2.57 bits per heavy atom. The van der Waals surface area contributed by atoms with Crippen LogP contribution < -0.4 is 10.6 Å². The second-order valence-corrected chi connectivity index (χ2v) is 5.50. The van der Waals surface area contributed by atoms with Crippen molar-refractivity contribution in [2.75, 3.05) is 0 Å². The smallest absolute Gasteiger partial charge is 0.242 e. The molecule has 0 aromatic carbocycles. The molecule has 0 radical (unpaired) electrons. The Bertz CT molecular complexity index is 706. The Labute approximate surface area is 135 Å². The highest BCUT2D eigenvalue weighted by Gasteiger charge is 2.13. The van der Waals surface area contributed by atoms with Crippen molar-refractivity contribution in [1.29, 1.82) is 0 Å². The molecule has 2 heterocycles. The molecule has 0 saturated heterocycles. The number of amides is 2. The van der Waals surface area contributed by atoms with Crippen LogP contribution in [0.5, 0.6) is 0 Å². The fourth-order valence-corrected chi connectivity index (χ4v) is 2.22. The topological polar surface area (TPSA) is 88.9 Å². The minimum atomic E-state index is -0.561. The molecule has 2 aromatic heterocycles. The van der Waals surface area contributed by atoms with Crippen LogP contribution in [0, 0.1) is 13.8 Å². The average Bonchev–Trinajstić information content (AvgIpc) is 2.83. The summed E-state index contributed by atoms with van der Waals surface area (Å²) in [6.45, 7) is 7.28. The number of hydrogen-bond acceptors (Lipinski definition) is 4. The maximum Gasteiger partial charge on any atom is 0.242 e. The molecule has 0 spiro atoms. The fourth-order valence-electron chi connectivity index (χ4n) is 2.22. The number of aryl methyl sites for hydroxylation is 2. The van der Waals surface area contributed by atoms with E-state index in [9.17, 15) is 9.59 Å². The van der Waals surface area contributed by atoms with Crippen LogP contribution in [0.2, 0.25) is 0 Å². The van der Waals surface area contributed by atoms with Crippen LogP contribution >= 0.6 is 0 Å². The highest BCUT2D eigenvalue weighted by molar-refractivity contribution is 5.86. The maximum atomic E-state index is 11.8. The Morgan fingerprint density at radius 1 is 1.30 bits per heavy atom. The predicted octanol–water partition coefficient (Wildman–Crippen LogP) is 1.02. The molecule has 0 saturated carbocycles. The molecule has 2 amide bonds. The van der Waals surface area contributed by atoms with Crippen molar-refractivity contribution in [2.24, 2.45) is 0 Å². The molecule has 2 aromatic rings. The van der Waals surface area contributed by atoms with Gasteiger partial charge in [0, 0.05) is 25.4 Å². The summed E-state index contributed by atoms with van der Waals surface area (Å²) in [5.74, 6) is 0.267. The number of rotatable bonds is 5. The summed E-state index contributed by atoms with van der Waals surface area (Å²) < 4.78 is 1.77. The van der Waals surface area contributed by atoms with E-state index >= 15 is 0 Å².